The van der Waals surface area contributed by atoms with Crippen LogP contribution in [-0.4, -0.2) is 14.5 Å². The maximum absolute atomic E-state index is 6.63. The van der Waals surface area contributed by atoms with E-state index in [2.05, 4.69) is 23.5 Å². The van der Waals surface area contributed by atoms with Crippen molar-refractivity contribution >= 4 is 11.0 Å². The van der Waals surface area contributed by atoms with Gasteiger partial charge in [0.25, 0.3) is 0 Å². The summed E-state index contributed by atoms with van der Waals surface area (Å²) < 4.78 is 2.13. The van der Waals surface area contributed by atoms with Crippen molar-refractivity contribution in [2.75, 3.05) is 0 Å². The van der Waals surface area contributed by atoms with Gasteiger partial charge in [-0.15, -0.1) is 0 Å². The number of nitrogens with zero attached hydrogens (tertiary/aromatic N) is 3. The molecule has 2 heterocycles. The molecule has 0 aliphatic heterocycles. The fraction of sp³-hybridized carbons (Fsp3) is 0.571. The summed E-state index contributed by atoms with van der Waals surface area (Å²) in [7, 11) is 2.05. The van der Waals surface area contributed by atoms with Crippen molar-refractivity contribution in [2.45, 2.75) is 38.1 Å². The number of pyridine rings is 1. The van der Waals surface area contributed by atoms with Gasteiger partial charge in [-0.2, -0.15) is 0 Å². The minimum atomic E-state index is -0.272. The topological polar surface area (TPSA) is 56.7 Å². The number of fused-ring (bicyclic) bond motifs is 1. The molecule has 18 heavy (non-hydrogen) atoms. The number of aryl methyl sites for hydroxylation is 1. The van der Waals surface area contributed by atoms with Crippen molar-refractivity contribution < 1.29 is 0 Å². The van der Waals surface area contributed by atoms with Crippen LogP contribution in [0.4, 0.5) is 0 Å². The van der Waals surface area contributed by atoms with E-state index in [0.29, 0.717) is 5.92 Å². The molecule has 2 aromatic heterocycles. The Hall–Kier alpha value is -1.42. The van der Waals surface area contributed by atoms with Crippen LogP contribution in [0.25, 0.3) is 11.0 Å². The monoisotopic (exact) mass is 244 g/mol. The summed E-state index contributed by atoms with van der Waals surface area (Å²) in [5, 5.41) is 0. The van der Waals surface area contributed by atoms with E-state index in [1.807, 2.05) is 12.3 Å². The molecular weight excluding hydrogens is 224 g/mol. The number of hydrogen-bond acceptors (Lipinski definition) is 3. The van der Waals surface area contributed by atoms with E-state index in [-0.39, 0.29) is 5.54 Å². The molecule has 0 aromatic carbocycles. The third-order valence-corrected chi connectivity index (χ3v) is 4.16. The minimum absolute atomic E-state index is 0.272. The van der Waals surface area contributed by atoms with E-state index in [1.165, 1.54) is 12.8 Å². The van der Waals surface area contributed by atoms with Gasteiger partial charge >= 0.3 is 0 Å². The Morgan fingerprint density at radius 1 is 1.50 bits per heavy atom. The van der Waals surface area contributed by atoms with Crippen LogP contribution in [0.2, 0.25) is 0 Å². The van der Waals surface area contributed by atoms with Gasteiger partial charge in [-0.25, -0.2) is 4.98 Å². The van der Waals surface area contributed by atoms with Crippen LogP contribution in [0.3, 0.4) is 0 Å². The number of aromatic nitrogens is 3. The highest BCUT2D eigenvalue weighted by Gasteiger charge is 2.36. The van der Waals surface area contributed by atoms with Gasteiger partial charge in [0.1, 0.15) is 11.3 Å². The van der Waals surface area contributed by atoms with Crippen molar-refractivity contribution in [3.8, 4) is 0 Å². The quantitative estimate of drug-likeness (QED) is 0.837. The van der Waals surface area contributed by atoms with Crippen LogP contribution in [0.1, 0.15) is 38.4 Å². The highest BCUT2D eigenvalue weighted by Crippen LogP contribution is 2.37. The van der Waals surface area contributed by atoms with Crippen LogP contribution in [0, 0.1) is 5.92 Å². The lowest BCUT2D eigenvalue weighted by atomic mass is 9.76. The molecule has 2 aromatic rings. The minimum Gasteiger partial charge on any atom is -0.329 e. The van der Waals surface area contributed by atoms with Gasteiger partial charge in [0.15, 0.2) is 0 Å². The molecule has 4 nitrogen and oxygen atoms in total. The van der Waals surface area contributed by atoms with Crippen molar-refractivity contribution in [3.63, 3.8) is 0 Å². The summed E-state index contributed by atoms with van der Waals surface area (Å²) in [5.74, 6) is 1.69. The zero-order valence-corrected chi connectivity index (χ0v) is 11.1. The Balaban J connectivity index is 2.10. The molecule has 0 spiro atoms. The van der Waals surface area contributed by atoms with Gasteiger partial charge in [-0.1, -0.05) is 19.8 Å². The maximum Gasteiger partial charge on any atom is 0.129 e. The van der Waals surface area contributed by atoms with E-state index in [9.17, 15) is 0 Å². The molecule has 0 radical (unpaired) electrons. The molecule has 2 unspecified atom stereocenters. The first-order chi connectivity index (χ1) is 8.60. The standard InChI is InChI=1S/C14H20N4/c1-10-4-3-6-14(15,8-10)13-17-11-9-16-7-5-12(11)18(13)2/h5,7,9-10H,3-4,6,8,15H2,1-2H3. The predicted molar refractivity (Wildman–Crippen MR) is 72.0 cm³/mol. The first kappa shape index (κ1) is 11.7. The molecule has 2 atom stereocenters. The van der Waals surface area contributed by atoms with Crippen molar-refractivity contribution in [1.29, 1.82) is 0 Å². The average Bonchev–Trinajstić information content (AvgIpc) is 2.68. The van der Waals surface area contributed by atoms with E-state index >= 15 is 0 Å². The summed E-state index contributed by atoms with van der Waals surface area (Å²) in [6, 6.07) is 2.00. The van der Waals surface area contributed by atoms with Crippen LogP contribution < -0.4 is 5.73 Å². The molecule has 2 N–H and O–H groups in total. The van der Waals surface area contributed by atoms with Crippen molar-refractivity contribution in [3.05, 3.63) is 24.3 Å². The molecule has 0 amide bonds. The van der Waals surface area contributed by atoms with Crippen LogP contribution in [0.15, 0.2) is 18.5 Å². The lowest BCUT2D eigenvalue weighted by molar-refractivity contribution is 0.225. The van der Waals surface area contributed by atoms with E-state index in [1.54, 1.807) is 6.20 Å². The van der Waals surface area contributed by atoms with Crippen LogP contribution >= 0.6 is 0 Å². The van der Waals surface area contributed by atoms with Gasteiger partial charge in [0, 0.05) is 13.2 Å². The summed E-state index contributed by atoms with van der Waals surface area (Å²) in [6.07, 6.45) is 8.15. The van der Waals surface area contributed by atoms with Gasteiger partial charge in [0.05, 0.1) is 17.3 Å². The Morgan fingerprint density at radius 3 is 3.06 bits per heavy atom. The number of hydrogen-bond donors (Lipinski definition) is 1. The molecule has 0 bridgehead atoms. The Labute approximate surface area is 107 Å². The first-order valence-corrected chi connectivity index (χ1v) is 6.66. The summed E-state index contributed by atoms with van der Waals surface area (Å²) in [6.45, 7) is 2.28. The second-order valence-electron chi connectivity index (χ2n) is 5.72. The van der Waals surface area contributed by atoms with Crippen molar-refractivity contribution in [2.24, 2.45) is 18.7 Å². The summed E-state index contributed by atoms with van der Waals surface area (Å²) in [4.78, 5) is 8.85. The third-order valence-electron chi connectivity index (χ3n) is 4.16. The van der Waals surface area contributed by atoms with Crippen molar-refractivity contribution in [1.82, 2.24) is 14.5 Å². The largest absolute Gasteiger partial charge is 0.329 e. The smallest absolute Gasteiger partial charge is 0.129 e. The lowest BCUT2D eigenvalue weighted by Gasteiger charge is -2.36. The second kappa shape index (κ2) is 4.05. The van der Waals surface area contributed by atoms with E-state index in [4.69, 9.17) is 10.7 Å². The number of rotatable bonds is 1. The average molecular weight is 244 g/mol. The summed E-state index contributed by atoms with van der Waals surface area (Å²) >= 11 is 0. The lowest BCUT2D eigenvalue weighted by Crippen LogP contribution is -2.43. The summed E-state index contributed by atoms with van der Waals surface area (Å²) in [5.41, 5.74) is 8.42. The molecule has 4 heteroatoms. The van der Waals surface area contributed by atoms with Crippen LogP contribution in [-0.2, 0) is 12.6 Å². The van der Waals surface area contributed by atoms with E-state index in [0.717, 1.165) is 29.7 Å². The highest BCUT2D eigenvalue weighted by molar-refractivity contribution is 5.74. The molecule has 1 aliphatic rings. The molecule has 96 valence electrons. The highest BCUT2D eigenvalue weighted by atomic mass is 15.1. The predicted octanol–water partition coefficient (Wildman–Crippen LogP) is 2.33. The molecule has 0 saturated heterocycles. The van der Waals surface area contributed by atoms with Gasteiger partial charge in [-0.3, -0.25) is 4.98 Å². The molecule has 1 fully saturated rings. The molecule has 1 saturated carbocycles. The third kappa shape index (κ3) is 1.72. The van der Waals surface area contributed by atoms with Gasteiger partial charge in [0.2, 0.25) is 0 Å². The Morgan fingerprint density at radius 2 is 2.33 bits per heavy atom. The molecular formula is C14H20N4. The maximum atomic E-state index is 6.63. The second-order valence-corrected chi connectivity index (χ2v) is 5.72. The van der Waals surface area contributed by atoms with Gasteiger partial charge in [-0.05, 0) is 24.8 Å². The first-order valence-electron chi connectivity index (χ1n) is 6.66. The SMILES string of the molecule is CC1CCCC(N)(c2nc3cnccc3n2C)C1. The number of imidazole rings is 1. The Kier molecular flexibility index (Phi) is 2.63. The van der Waals surface area contributed by atoms with Crippen LogP contribution in [0.5, 0.6) is 0 Å². The van der Waals surface area contributed by atoms with E-state index < -0.39 is 0 Å². The fourth-order valence-corrected chi connectivity index (χ4v) is 3.29. The molecule has 1 aliphatic carbocycles. The van der Waals surface area contributed by atoms with Gasteiger partial charge < -0.3 is 10.3 Å². The molecule has 3 rings (SSSR count). The zero-order valence-electron chi connectivity index (χ0n) is 11.1. The number of nitrogens with two attached hydrogens (primary N) is 1. The zero-order chi connectivity index (χ0) is 12.8. The fourth-order valence-electron chi connectivity index (χ4n) is 3.29. The Bertz CT molecular complexity index is 574. The normalized spacial score (nSPS) is 28.7.